The van der Waals surface area contributed by atoms with Crippen molar-refractivity contribution in [2.24, 2.45) is 0 Å². The average molecular weight is 277 g/mol. The van der Waals surface area contributed by atoms with Gasteiger partial charge in [0.1, 0.15) is 0 Å². The van der Waals surface area contributed by atoms with Gasteiger partial charge in [0.25, 0.3) is 0 Å². The van der Waals surface area contributed by atoms with E-state index in [2.05, 4.69) is 10.3 Å². The highest BCUT2D eigenvalue weighted by Gasteiger charge is 2.07. The molecule has 0 saturated heterocycles. The molecule has 0 aliphatic heterocycles. The average Bonchev–Trinajstić information content (AvgIpc) is 2.41. The van der Waals surface area contributed by atoms with Gasteiger partial charge in [-0.2, -0.15) is 0 Å². The quantitative estimate of drug-likeness (QED) is 0.883. The Kier molecular flexibility index (Phi) is 4.91. The molecule has 2 N–H and O–H groups in total. The van der Waals surface area contributed by atoms with E-state index in [1.165, 1.54) is 0 Å². The molecule has 1 atom stereocenters. The molecule has 0 amide bonds. The molecule has 1 unspecified atom stereocenters. The molecule has 1 aromatic heterocycles. The van der Waals surface area contributed by atoms with E-state index in [0.717, 1.165) is 16.8 Å². The smallest absolute Gasteiger partial charge is 0.0914 e. The molecule has 0 bridgehead atoms. The molecule has 0 spiro atoms. The zero-order valence-electron chi connectivity index (χ0n) is 10.8. The van der Waals surface area contributed by atoms with Gasteiger partial charge in [0, 0.05) is 24.3 Å². The number of hydrogen-bond donors (Lipinski definition) is 2. The molecule has 0 fully saturated rings. The minimum absolute atomic E-state index is 0.484. The van der Waals surface area contributed by atoms with Gasteiger partial charge in [-0.25, -0.2) is 0 Å². The lowest BCUT2D eigenvalue weighted by Crippen LogP contribution is -2.22. The van der Waals surface area contributed by atoms with E-state index in [9.17, 15) is 5.11 Å². The monoisotopic (exact) mass is 276 g/mol. The summed E-state index contributed by atoms with van der Waals surface area (Å²) in [5.74, 6) is 0. The van der Waals surface area contributed by atoms with Crippen molar-refractivity contribution in [3.8, 4) is 0 Å². The van der Waals surface area contributed by atoms with Crippen molar-refractivity contribution in [1.82, 2.24) is 10.3 Å². The molecule has 19 heavy (non-hydrogen) atoms. The summed E-state index contributed by atoms with van der Waals surface area (Å²) < 4.78 is 0. The highest BCUT2D eigenvalue weighted by Crippen LogP contribution is 2.15. The van der Waals surface area contributed by atoms with Crippen LogP contribution in [0.25, 0.3) is 0 Å². The minimum atomic E-state index is -0.540. The number of aromatic nitrogens is 1. The third-order valence-electron chi connectivity index (χ3n) is 3.00. The summed E-state index contributed by atoms with van der Waals surface area (Å²) in [5.41, 5.74) is 3.01. The predicted molar refractivity (Wildman–Crippen MR) is 77.1 cm³/mol. The number of pyridine rings is 1. The van der Waals surface area contributed by atoms with Crippen LogP contribution in [0, 0.1) is 6.92 Å². The number of aliphatic hydroxyl groups excluding tert-OH is 1. The minimum Gasteiger partial charge on any atom is -0.387 e. The van der Waals surface area contributed by atoms with Gasteiger partial charge < -0.3 is 10.4 Å². The van der Waals surface area contributed by atoms with Crippen molar-refractivity contribution in [1.29, 1.82) is 0 Å². The zero-order chi connectivity index (χ0) is 13.7. The maximum atomic E-state index is 10.0. The summed E-state index contributed by atoms with van der Waals surface area (Å²) in [7, 11) is 0. The summed E-state index contributed by atoms with van der Waals surface area (Å²) in [5, 5.41) is 13.9. The molecule has 1 aromatic carbocycles. The lowest BCUT2D eigenvalue weighted by molar-refractivity contribution is 0.174. The van der Waals surface area contributed by atoms with Gasteiger partial charge in [-0.3, -0.25) is 4.98 Å². The van der Waals surface area contributed by atoms with Gasteiger partial charge in [0.05, 0.1) is 11.8 Å². The number of hydrogen-bond acceptors (Lipinski definition) is 3. The summed E-state index contributed by atoms with van der Waals surface area (Å²) in [6.45, 7) is 3.16. The van der Waals surface area contributed by atoms with Gasteiger partial charge in [-0.05, 0) is 36.2 Å². The largest absolute Gasteiger partial charge is 0.387 e. The van der Waals surface area contributed by atoms with E-state index in [1.54, 1.807) is 18.3 Å². The van der Waals surface area contributed by atoms with Crippen LogP contribution >= 0.6 is 11.6 Å². The zero-order valence-corrected chi connectivity index (χ0v) is 11.6. The third kappa shape index (κ3) is 4.03. The number of halogens is 1. The summed E-state index contributed by atoms with van der Waals surface area (Å²) in [4.78, 5) is 4.30. The summed E-state index contributed by atoms with van der Waals surface area (Å²) in [6, 6.07) is 11.2. The number of aliphatic hydroxyl groups is 1. The Bertz CT molecular complexity index is 528. The van der Waals surface area contributed by atoms with Crippen LogP contribution in [0.4, 0.5) is 0 Å². The van der Waals surface area contributed by atoms with Crippen molar-refractivity contribution in [2.75, 3.05) is 6.54 Å². The summed E-state index contributed by atoms with van der Waals surface area (Å²) in [6.07, 6.45) is 1.24. The van der Waals surface area contributed by atoms with E-state index >= 15 is 0 Å². The van der Waals surface area contributed by atoms with Crippen molar-refractivity contribution in [3.05, 3.63) is 64.4 Å². The van der Waals surface area contributed by atoms with Crippen LogP contribution < -0.4 is 5.32 Å². The highest BCUT2D eigenvalue weighted by molar-refractivity contribution is 6.30. The SMILES string of the molecule is Cc1cccnc1CNCC(O)c1ccc(Cl)cc1. The first-order valence-electron chi connectivity index (χ1n) is 6.21. The second kappa shape index (κ2) is 6.66. The first-order valence-corrected chi connectivity index (χ1v) is 6.59. The first-order chi connectivity index (χ1) is 9.16. The topological polar surface area (TPSA) is 45.2 Å². The molecule has 0 saturated carbocycles. The normalized spacial score (nSPS) is 12.4. The van der Waals surface area contributed by atoms with Crippen LogP contribution in [-0.2, 0) is 6.54 Å². The Labute approximate surface area is 118 Å². The Balaban J connectivity index is 1.86. The van der Waals surface area contributed by atoms with Crippen LogP contribution in [0.15, 0.2) is 42.6 Å². The lowest BCUT2D eigenvalue weighted by atomic mass is 10.1. The second-order valence-electron chi connectivity index (χ2n) is 4.47. The van der Waals surface area contributed by atoms with Crippen LogP contribution in [-0.4, -0.2) is 16.6 Å². The predicted octanol–water partition coefficient (Wildman–Crippen LogP) is 2.87. The number of aryl methyl sites for hydroxylation is 1. The Morgan fingerprint density at radius 2 is 2.00 bits per heavy atom. The first kappa shape index (κ1) is 14.0. The van der Waals surface area contributed by atoms with Crippen molar-refractivity contribution >= 4 is 11.6 Å². The fraction of sp³-hybridized carbons (Fsp3) is 0.267. The van der Waals surface area contributed by atoms with Crippen molar-refractivity contribution in [2.45, 2.75) is 19.6 Å². The molecule has 2 aromatic rings. The molecular weight excluding hydrogens is 260 g/mol. The van der Waals surface area contributed by atoms with Crippen LogP contribution in [0.1, 0.15) is 22.9 Å². The van der Waals surface area contributed by atoms with Crippen LogP contribution in [0.3, 0.4) is 0 Å². The van der Waals surface area contributed by atoms with E-state index in [0.29, 0.717) is 18.1 Å². The molecule has 3 nitrogen and oxygen atoms in total. The summed E-state index contributed by atoms with van der Waals surface area (Å²) >= 11 is 5.81. The molecule has 4 heteroatoms. The standard InChI is InChI=1S/C15H17ClN2O/c1-11-3-2-8-18-14(11)9-17-10-15(19)12-4-6-13(16)7-5-12/h2-8,15,17,19H,9-10H2,1H3. The van der Waals surface area contributed by atoms with E-state index in [4.69, 9.17) is 11.6 Å². The van der Waals surface area contributed by atoms with Gasteiger partial charge in [-0.1, -0.05) is 29.8 Å². The molecule has 100 valence electrons. The Morgan fingerprint density at radius 1 is 1.26 bits per heavy atom. The number of benzene rings is 1. The second-order valence-corrected chi connectivity index (χ2v) is 4.90. The molecular formula is C15H17ClN2O. The highest BCUT2D eigenvalue weighted by atomic mass is 35.5. The Morgan fingerprint density at radius 3 is 2.68 bits per heavy atom. The van der Waals surface area contributed by atoms with E-state index < -0.39 is 6.10 Å². The molecule has 2 rings (SSSR count). The number of rotatable bonds is 5. The fourth-order valence-corrected chi connectivity index (χ4v) is 1.96. The number of nitrogens with one attached hydrogen (secondary N) is 1. The molecule has 0 aliphatic carbocycles. The maximum absolute atomic E-state index is 10.0. The third-order valence-corrected chi connectivity index (χ3v) is 3.25. The van der Waals surface area contributed by atoms with Crippen molar-refractivity contribution < 1.29 is 5.11 Å². The van der Waals surface area contributed by atoms with Crippen molar-refractivity contribution in [3.63, 3.8) is 0 Å². The van der Waals surface area contributed by atoms with Crippen LogP contribution in [0.2, 0.25) is 5.02 Å². The molecule has 0 aliphatic rings. The van der Waals surface area contributed by atoms with E-state index in [1.807, 2.05) is 31.2 Å². The molecule has 1 heterocycles. The number of nitrogens with zero attached hydrogens (tertiary/aromatic N) is 1. The van der Waals surface area contributed by atoms with Gasteiger partial charge in [0.15, 0.2) is 0 Å². The fourth-order valence-electron chi connectivity index (χ4n) is 1.83. The molecule has 0 radical (unpaired) electrons. The van der Waals surface area contributed by atoms with Crippen LogP contribution in [0.5, 0.6) is 0 Å². The van der Waals surface area contributed by atoms with E-state index in [-0.39, 0.29) is 0 Å². The van der Waals surface area contributed by atoms with Gasteiger partial charge in [-0.15, -0.1) is 0 Å². The maximum Gasteiger partial charge on any atom is 0.0914 e. The lowest BCUT2D eigenvalue weighted by Gasteiger charge is -2.12. The van der Waals surface area contributed by atoms with Gasteiger partial charge >= 0.3 is 0 Å². The Hall–Kier alpha value is -1.42. The van der Waals surface area contributed by atoms with Gasteiger partial charge in [0.2, 0.25) is 0 Å².